The quantitative estimate of drug-likeness (QED) is 0.638. The van der Waals surface area contributed by atoms with Crippen molar-refractivity contribution in [1.29, 1.82) is 0 Å². The number of nitrogens with zero attached hydrogens (tertiary/aromatic N) is 2. The molecule has 0 N–H and O–H groups in total. The van der Waals surface area contributed by atoms with Crippen molar-refractivity contribution in [2.75, 3.05) is 24.6 Å². The van der Waals surface area contributed by atoms with E-state index in [1.807, 2.05) is 25.7 Å². The van der Waals surface area contributed by atoms with Crippen molar-refractivity contribution in [3.63, 3.8) is 0 Å². The van der Waals surface area contributed by atoms with Crippen LogP contribution < -0.4 is 9.64 Å². The summed E-state index contributed by atoms with van der Waals surface area (Å²) in [5.74, 6) is -0.997. The van der Waals surface area contributed by atoms with Crippen LogP contribution in [0.3, 0.4) is 0 Å². The summed E-state index contributed by atoms with van der Waals surface area (Å²) in [6, 6.07) is 12.9. The second-order valence-corrected chi connectivity index (χ2v) is 8.16. The van der Waals surface area contributed by atoms with Crippen LogP contribution in [0.5, 0.6) is 5.75 Å². The van der Waals surface area contributed by atoms with Gasteiger partial charge in [-0.05, 0) is 50.1 Å². The molecule has 2 aromatic carbocycles. The van der Waals surface area contributed by atoms with Crippen molar-refractivity contribution < 1.29 is 23.5 Å². The summed E-state index contributed by atoms with van der Waals surface area (Å²) in [5.41, 5.74) is 1.09. The number of hydrogen-bond acceptors (Lipinski definition) is 5. The first-order valence-electron chi connectivity index (χ1n) is 10.9. The van der Waals surface area contributed by atoms with E-state index in [0.29, 0.717) is 31.0 Å². The molecule has 0 spiro atoms. The molecule has 2 unspecified atom stereocenters. The van der Waals surface area contributed by atoms with Crippen LogP contribution in [0.15, 0.2) is 54.2 Å². The fraction of sp³-hybridized carbons (Fsp3) is 0.360. The van der Waals surface area contributed by atoms with Crippen molar-refractivity contribution in [2.24, 2.45) is 0 Å². The van der Waals surface area contributed by atoms with Gasteiger partial charge in [-0.1, -0.05) is 31.2 Å². The van der Waals surface area contributed by atoms with Gasteiger partial charge in [-0.3, -0.25) is 9.59 Å². The standard InChI is InChI=1S/C25H27FN2O4/c1-4-13-31-19-11-9-18(10-12-19)22-23(27-14-16(2)32-17(3)15-27)25(30)28(24(22)29)21-8-6-5-7-20(21)26/h5-12,16-17H,4,13-15H2,1-3H3. The number of carbonyl (C=O) groups excluding carboxylic acids is 2. The van der Waals surface area contributed by atoms with Crippen molar-refractivity contribution >= 4 is 23.1 Å². The molecule has 0 saturated carbocycles. The van der Waals surface area contributed by atoms with Crippen molar-refractivity contribution in [1.82, 2.24) is 4.90 Å². The summed E-state index contributed by atoms with van der Waals surface area (Å²) in [7, 11) is 0. The summed E-state index contributed by atoms with van der Waals surface area (Å²) < 4.78 is 26.0. The molecule has 4 rings (SSSR count). The number of ether oxygens (including phenoxy) is 2. The van der Waals surface area contributed by atoms with Crippen LogP contribution in [-0.4, -0.2) is 48.6 Å². The predicted octanol–water partition coefficient (Wildman–Crippen LogP) is 4.01. The highest BCUT2D eigenvalue weighted by atomic mass is 19.1. The molecule has 2 heterocycles. The zero-order valence-corrected chi connectivity index (χ0v) is 18.5. The third-order valence-corrected chi connectivity index (χ3v) is 5.50. The monoisotopic (exact) mass is 438 g/mol. The van der Waals surface area contributed by atoms with Crippen LogP contribution in [0.4, 0.5) is 10.1 Å². The maximum atomic E-state index is 14.6. The second-order valence-electron chi connectivity index (χ2n) is 8.16. The number of rotatable bonds is 6. The first kappa shape index (κ1) is 22.0. The van der Waals surface area contributed by atoms with Crippen LogP contribution in [0, 0.1) is 5.82 Å². The maximum Gasteiger partial charge on any atom is 0.282 e. The van der Waals surface area contributed by atoms with Crippen LogP contribution in [-0.2, 0) is 14.3 Å². The van der Waals surface area contributed by atoms with Gasteiger partial charge in [0.2, 0.25) is 0 Å². The molecule has 2 aliphatic heterocycles. The Morgan fingerprint density at radius 3 is 2.28 bits per heavy atom. The Morgan fingerprint density at radius 1 is 1.00 bits per heavy atom. The zero-order valence-electron chi connectivity index (χ0n) is 18.5. The van der Waals surface area contributed by atoms with Gasteiger partial charge in [0, 0.05) is 13.1 Å². The van der Waals surface area contributed by atoms with E-state index in [2.05, 4.69) is 0 Å². The van der Waals surface area contributed by atoms with Gasteiger partial charge < -0.3 is 14.4 Å². The molecule has 168 valence electrons. The molecule has 0 aliphatic carbocycles. The number of anilines is 1. The van der Waals surface area contributed by atoms with E-state index in [4.69, 9.17) is 9.47 Å². The molecular weight excluding hydrogens is 411 g/mol. The molecule has 2 atom stereocenters. The molecule has 2 amide bonds. The molecule has 2 aliphatic rings. The number of imide groups is 1. The lowest BCUT2D eigenvalue weighted by molar-refractivity contribution is -0.121. The average Bonchev–Trinajstić information content (AvgIpc) is 3.02. The summed E-state index contributed by atoms with van der Waals surface area (Å²) in [6.45, 7) is 7.40. The van der Waals surface area contributed by atoms with Crippen LogP contribution in [0.25, 0.3) is 5.57 Å². The molecule has 1 saturated heterocycles. The lowest BCUT2D eigenvalue weighted by Gasteiger charge is -2.37. The zero-order chi connectivity index (χ0) is 22.8. The number of morpholine rings is 1. The lowest BCUT2D eigenvalue weighted by Crippen LogP contribution is -2.47. The summed E-state index contributed by atoms with van der Waals surface area (Å²) in [5, 5.41) is 0. The number of carbonyl (C=O) groups is 2. The number of halogens is 1. The number of para-hydroxylation sites is 1. The van der Waals surface area contributed by atoms with E-state index in [1.165, 1.54) is 18.2 Å². The Bertz CT molecular complexity index is 1040. The fourth-order valence-electron chi connectivity index (χ4n) is 4.22. The molecule has 0 aromatic heterocycles. The average molecular weight is 438 g/mol. The van der Waals surface area contributed by atoms with Gasteiger partial charge >= 0.3 is 0 Å². The molecule has 0 bridgehead atoms. The van der Waals surface area contributed by atoms with Gasteiger partial charge in [0.25, 0.3) is 11.8 Å². The predicted molar refractivity (Wildman–Crippen MR) is 120 cm³/mol. The van der Waals surface area contributed by atoms with Gasteiger partial charge in [-0.15, -0.1) is 0 Å². The van der Waals surface area contributed by atoms with Crippen molar-refractivity contribution in [3.8, 4) is 5.75 Å². The molecule has 2 aromatic rings. The van der Waals surface area contributed by atoms with Crippen molar-refractivity contribution in [3.05, 3.63) is 65.6 Å². The SMILES string of the molecule is CCCOc1ccc(C2=C(N3CC(C)OC(C)C3)C(=O)N(c3ccccc3F)C2=O)cc1. The first-order chi connectivity index (χ1) is 15.4. The van der Waals surface area contributed by atoms with E-state index >= 15 is 0 Å². The first-order valence-corrected chi connectivity index (χ1v) is 10.9. The van der Waals surface area contributed by atoms with Crippen LogP contribution in [0.2, 0.25) is 0 Å². The van der Waals surface area contributed by atoms with Crippen LogP contribution >= 0.6 is 0 Å². The second kappa shape index (κ2) is 9.12. The molecular formula is C25H27FN2O4. The summed E-state index contributed by atoms with van der Waals surface area (Å²) in [6.07, 6.45) is 0.667. The van der Waals surface area contributed by atoms with E-state index in [0.717, 1.165) is 11.3 Å². The Kier molecular flexibility index (Phi) is 6.28. The maximum absolute atomic E-state index is 14.6. The molecule has 0 radical (unpaired) electrons. The minimum atomic E-state index is -0.623. The summed E-state index contributed by atoms with van der Waals surface area (Å²) >= 11 is 0. The number of benzene rings is 2. The van der Waals surface area contributed by atoms with Gasteiger partial charge in [0.15, 0.2) is 0 Å². The van der Waals surface area contributed by atoms with E-state index in [1.54, 1.807) is 30.3 Å². The van der Waals surface area contributed by atoms with Gasteiger partial charge in [-0.2, -0.15) is 0 Å². The minimum Gasteiger partial charge on any atom is -0.494 e. The van der Waals surface area contributed by atoms with E-state index in [9.17, 15) is 14.0 Å². The molecule has 6 nitrogen and oxygen atoms in total. The topological polar surface area (TPSA) is 59.1 Å². The molecule has 7 heteroatoms. The number of hydrogen-bond donors (Lipinski definition) is 0. The van der Waals surface area contributed by atoms with E-state index < -0.39 is 17.6 Å². The highest BCUT2D eigenvalue weighted by Crippen LogP contribution is 2.37. The van der Waals surface area contributed by atoms with Gasteiger partial charge in [0.1, 0.15) is 17.3 Å². The highest BCUT2D eigenvalue weighted by molar-refractivity contribution is 6.45. The molecule has 32 heavy (non-hydrogen) atoms. The molecule has 1 fully saturated rings. The largest absolute Gasteiger partial charge is 0.494 e. The Labute approximate surface area is 187 Å². The Hall–Kier alpha value is -3.19. The van der Waals surface area contributed by atoms with Gasteiger partial charge in [-0.25, -0.2) is 9.29 Å². The van der Waals surface area contributed by atoms with Gasteiger partial charge in [0.05, 0.1) is 30.1 Å². The van der Waals surface area contributed by atoms with Crippen molar-refractivity contribution in [2.45, 2.75) is 39.4 Å². The summed E-state index contributed by atoms with van der Waals surface area (Å²) in [4.78, 5) is 29.9. The highest BCUT2D eigenvalue weighted by Gasteiger charge is 2.44. The smallest absolute Gasteiger partial charge is 0.282 e. The third kappa shape index (κ3) is 4.12. The lowest BCUT2D eigenvalue weighted by atomic mass is 10.0. The Balaban J connectivity index is 1.79. The number of amides is 2. The van der Waals surface area contributed by atoms with E-state index in [-0.39, 0.29) is 29.2 Å². The minimum absolute atomic E-state index is 0.0488. The Morgan fingerprint density at radius 2 is 1.66 bits per heavy atom. The third-order valence-electron chi connectivity index (χ3n) is 5.50. The normalized spacial score (nSPS) is 21.5. The van der Waals surface area contributed by atoms with Crippen LogP contribution in [0.1, 0.15) is 32.8 Å². The fourth-order valence-corrected chi connectivity index (χ4v) is 4.22.